The van der Waals surface area contributed by atoms with Crippen LogP contribution in [0.2, 0.25) is 0 Å². The highest BCUT2D eigenvalue weighted by atomic mass is 16.7. The maximum absolute atomic E-state index is 10.0. The number of ether oxygens (including phenoxy) is 3. The second-order valence-electron chi connectivity index (χ2n) is 7.78. The van der Waals surface area contributed by atoms with Gasteiger partial charge in [0.15, 0.2) is 11.5 Å². The topological polar surface area (TPSA) is 100 Å². The molecule has 0 atom stereocenters. The minimum absolute atomic E-state index is 0.144. The lowest BCUT2D eigenvalue weighted by Gasteiger charge is -2.17. The Morgan fingerprint density at radius 2 is 1.74 bits per heavy atom. The average molecular weight is 455 g/mol. The lowest BCUT2D eigenvalue weighted by Crippen LogP contribution is -2.11. The summed E-state index contributed by atoms with van der Waals surface area (Å²) in [5.41, 5.74) is 2.63. The van der Waals surface area contributed by atoms with Gasteiger partial charge in [0.2, 0.25) is 12.7 Å². The minimum Gasteiger partial charge on any atom is -0.472 e. The highest BCUT2D eigenvalue weighted by Gasteiger charge is 2.26. The fourth-order valence-electron chi connectivity index (χ4n) is 3.64. The van der Waals surface area contributed by atoms with Crippen LogP contribution in [0, 0.1) is 28.6 Å². The van der Waals surface area contributed by atoms with Crippen molar-refractivity contribution in [1.29, 1.82) is 10.5 Å². The Morgan fingerprint density at radius 3 is 2.44 bits per heavy atom. The molecule has 7 nitrogen and oxygen atoms in total. The number of rotatable bonds is 7. The third kappa shape index (κ3) is 4.89. The van der Waals surface area contributed by atoms with Crippen molar-refractivity contribution in [2.45, 2.75) is 33.3 Å². The van der Waals surface area contributed by atoms with Crippen molar-refractivity contribution in [2.24, 2.45) is 5.92 Å². The van der Waals surface area contributed by atoms with E-state index >= 15 is 0 Å². The lowest BCUT2D eigenvalue weighted by atomic mass is 9.96. The van der Waals surface area contributed by atoms with Crippen molar-refractivity contribution in [3.63, 3.8) is 0 Å². The fourth-order valence-corrected chi connectivity index (χ4v) is 3.64. The van der Waals surface area contributed by atoms with E-state index in [4.69, 9.17) is 14.2 Å². The number of fused-ring (bicyclic) bond motifs is 1. The van der Waals surface area contributed by atoms with Crippen LogP contribution < -0.4 is 19.5 Å². The Balaban J connectivity index is 0.00000133. The van der Waals surface area contributed by atoms with Crippen LogP contribution in [0.5, 0.6) is 17.4 Å². The molecule has 1 aromatic heterocycles. The van der Waals surface area contributed by atoms with Crippen molar-refractivity contribution in [3.8, 4) is 40.6 Å². The maximum Gasteiger partial charge on any atom is 0.234 e. The predicted octanol–water partition coefficient (Wildman–Crippen LogP) is 5.65. The molecule has 0 radical (unpaired) electrons. The molecule has 0 spiro atoms. The predicted molar refractivity (Wildman–Crippen MR) is 129 cm³/mol. The monoisotopic (exact) mass is 454 g/mol. The van der Waals surface area contributed by atoms with Gasteiger partial charge in [-0.05, 0) is 42.0 Å². The van der Waals surface area contributed by atoms with Crippen LogP contribution in [0.25, 0.3) is 11.1 Å². The number of hydrogen-bond donors (Lipinski definition) is 1. The Hall–Kier alpha value is -4.23. The zero-order valence-electron chi connectivity index (χ0n) is 19.3. The van der Waals surface area contributed by atoms with Gasteiger partial charge < -0.3 is 19.5 Å². The molecule has 0 amide bonds. The van der Waals surface area contributed by atoms with Gasteiger partial charge in [0.1, 0.15) is 35.7 Å². The van der Waals surface area contributed by atoms with Gasteiger partial charge in [0.05, 0.1) is 0 Å². The van der Waals surface area contributed by atoms with Crippen LogP contribution in [0.4, 0.5) is 5.82 Å². The first-order chi connectivity index (χ1) is 16.8. The molecule has 1 fully saturated rings. The minimum atomic E-state index is 0.144. The third-order valence-corrected chi connectivity index (χ3v) is 5.52. The molecule has 2 heterocycles. The molecule has 1 N–H and O–H groups in total. The summed E-state index contributed by atoms with van der Waals surface area (Å²) in [6.45, 7) is 5.13. The van der Waals surface area contributed by atoms with E-state index in [1.54, 1.807) is 12.1 Å². The number of nitrogens with zero attached hydrogens (tertiary/aromatic N) is 3. The smallest absolute Gasteiger partial charge is 0.234 e. The maximum atomic E-state index is 10.0. The first-order valence-corrected chi connectivity index (χ1v) is 11.5. The van der Waals surface area contributed by atoms with E-state index in [1.165, 1.54) is 0 Å². The van der Waals surface area contributed by atoms with Crippen molar-refractivity contribution in [3.05, 3.63) is 65.2 Å². The summed E-state index contributed by atoms with van der Waals surface area (Å²) >= 11 is 0. The summed E-state index contributed by atoms with van der Waals surface area (Å²) in [4.78, 5) is 4.55. The van der Waals surface area contributed by atoms with Gasteiger partial charge in [-0.1, -0.05) is 50.2 Å². The van der Waals surface area contributed by atoms with Gasteiger partial charge >= 0.3 is 0 Å². The first-order valence-electron chi connectivity index (χ1n) is 11.5. The summed E-state index contributed by atoms with van der Waals surface area (Å²) in [5, 5.41) is 23.4. The normalized spacial score (nSPS) is 13.2. The highest BCUT2D eigenvalue weighted by Crippen LogP contribution is 2.41. The second-order valence-corrected chi connectivity index (χ2v) is 7.78. The average Bonchev–Trinajstić information content (AvgIpc) is 3.61. The van der Waals surface area contributed by atoms with Crippen LogP contribution in [0.1, 0.15) is 43.4 Å². The van der Waals surface area contributed by atoms with Crippen molar-refractivity contribution in [2.75, 3.05) is 18.7 Å². The Bertz CT molecular complexity index is 1240. The molecule has 172 valence electrons. The van der Waals surface area contributed by atoms with E-state index in [-0.39, 0.29) is 24.8 Å². The van der Waals surface area contributed by atoms with E-state index in [0.29, 0.717) is 39.9 Å². The lowest BCUT2D eigenvalue weighted by molar-refractivity contribution is 0.174. The second kappa shape index (κ2) is 10.6. The Labute approximate surface area is 199 Å². The van der Waals surface area contributed by atoms with E-state index in [9.17, 15) is 10.5 Å². The molecule has 0 unspecified atom stereocenters. The number of pyridine rings is 1. The molecule has 1 aliphatic carbocycles. The standard InChI is InChI=1S/C25H20N4O3.C2H6/c26-11-19-23(18-8-9-21-22(10-18)32-15-31-21)20(12-27)25(29-24(19)28-13-16-6-7-16)30-14-17-4-2-1-3-5-17;1-2/h1-5,8-10,16H,6-7,13-15H2,(H,28,29);1-2H3. The molecule has 5 rings (SSSR count). The summed E-state index contributed by atoms with van der Waals surface area (Å²) in [5.74, 6) is 2.41. The van der Waals surface area contributed by atoms with Gasteiger partial charge in [-0.2, -0.15) is 15.5 Å². The zero-order chi connectivity index (χ0) is 23.9. The molecule has 3 aromatic rings. The van der Waals surface area contributed by atoms with E-state index < -0.39 is 0 Å². The number of hydrogen-bond acceptors (Lipinski definition) is 7. The van der Waals surface area contributed by atoms with E-state index in [1.807, 2.05) is 50.2 Å². The number of benzene rings is 2. The molecule has 1 saturated carbocycles. The van der Waals surface area contributed by atoms with E-state index in [0.717, 1.165) is 24.9 Å². The SMILES string of the molecule is CC.N#Cc1c(NCC2CC2)nc(OCc2ccccc2)c(C#N)c1-c1ccc2c(c1)OCO2. The first kappa shape index (κ1) is 22.9. The van der Waals surface area contributed by atoms with Crippen LogP contribution in [0.15, 0.2) is 48.5 Å². The summed E-state index contributed by atoms with van der Waals surface area (Å²) in [6, 6.07) is 19.5. The number of anilines is 1. The molecule has 2 aromatic carbocycles. The summed E-state index contributed by atoms with van der Waals surface area (Å²) in [7, 11) is 0. The van der Waals surface area contributed by atoms with E-state index in [2.05, 4.69) is 22.4 Å². The fraction of sp³-hybridized carbons (Fsp3) is 0.296. The van der Waals surface area contributed by atoms with Gasteiger partial charge in [-0.3, -0.25) is 0 Å². The largest absolute Gasteiger partial charge is 0.472 e. The molecule has 7 heteroatoms. The van der Waals surface area contributed by atoms with Gasteiger partial charge in [0.25, 0.3) is 0 Å². The van der Waals surface area contributed by atoms with Crippen LogP contribution in [0.3, 0.4) is 0 Å². The zero-order valence-corrected chi connectivity index (χ0v) is 19.3. The van der Waals surface area contributed by atoms with Crippen molar-refractivity contribution >= 4 is 5.82 Å². The molecule has 0 saturated heterocycles. The molecular formula is C27H26N4O3. The van der Waals surface area contributed by atoms with Gasteiger partial charge in [-0.15, -0.1) is 0 Å². The third-order valence-electron chi connectivity index (χ3n) is 5.52. The number of nitrogens with one attached hydrogen (secondary N) is 1. The van der Waals surface area contributed by atoms with Crippen molar-refractivity contribution < 1.29 is 14.2 Å². The molecule has 1 aliphatic heterocycles. The van der Waals surface area contributed by atoms with Crippen LogP contribution >= 0.6 is 0 Å². The molecular weight excluding hydrogens is 428 g/mol. The number of nitriles is 2. The summed E-state index contributed by atoms with van der Waals surface area (Å²) < 4.78 is 16.9. The van der Waals surface area contributed by atoms with Gasteiger partial charge in [0, 0.05) is 12.1 Å². The quantitative estimate of drug-likeness (QED) is 0.492. The Morgan fingerprint density at radius 1 is 1.00 bits per heavy atom. The molecule has 34 heavy (non-hydrogen) atoms. The van der Waals surface area contributed by atoms with Crippen LogP contribution in [-0.2, 0) is 6.61 Å². The number of aromatic nitrogens is 1. The Kier molecular flexibility index (Phi) is 7.15. The van der Waals surface area contributed by atoms with Gasteiger partial charge in [-0.25, -0.2) is 0 Å². The van der Waals surface area contributed by atoms with Crippen LogP contribution in [-0.4, -0.2) is 18.3 Å². The molecule has 2 aliphatic rings. The summed E-state index contributed by atoms with van der Waals surface area (Å²) in [6.07, 6.45) is 2.33. The highest BCUT2D eigenvalue weighted by molar-refractivity contribution is 5.84. The van der Waals surface area contributed by atoms with Crippen molar-refractivity contribution in [1.82, 2.24) is 4.98 Å². The molecule has 0 bridgehead atoms.